The molecule has 23 heavy (non-hydrogen) atoms. The van der Waals surface area contributed by atoms with Gasteiger partial charge in [-0.25, -0.2) is 4.98 Å². The smallest absolute Gasteiger partial charge is 0.271 e. The van der Waals surface area contributed by atoms with Gasteiger partial charge in [-0.3, -0.25) is 14.9 Å². The number of benzene rings is 1. The Labute approximate surface area is 135 Å². The Morgan fingerprint density at radius 1 is 1.17 bits per heavy atom. The van der Waals surface area contributed by atoms with Gasteiger partial charge in [0.2, 0.25) is 6.79 Å². The topological polar surface area (TPSA) is 89.6 Å². The summed E-state index contributed by atoms with van der Waals surface area (Å²) in [5.74, 6) is 0.648. The van der Waals surface area contributed by atoms with Crippen LogP contribution in [0, 0.1) is 0 Å². The Balaban J connectivity index is 1.44. The molecule has 1 saturated carbocycles. The highest BCUT2D eigenvalue weighted by molar-refractivity contribution is 7.14. The van der Waals surface area contributed by atoms with Crippen molar-refractivity contribution in [2.45, 2.75) is 18.9 Å². The van der Waals surface area contributed by atoms with Gasteiger partial charge in [0.05, 0.1) is 0 Å². The van der Waals surface area contributed by atoms with Crippen LogP contribution in [-0.4, -0.2) is 29.6 Å². The lowest BCUT2D eigenvalue weighted by molar-refractivity contribution is 0.0945. The van der Waals surface area contributed by atoms with Crippen molar-refractivity contribution in [2.75, 3.05) is 12.1 Å². The molecule has 0 saturated heterocycles. The second-order valence-electron chi connectivity index (χ2n) is 5.31. The summed E-state index contributed by atoms with van der Waals surface area (Å²) in [6.45, 7) is 0.159. The van der Waals surface area contributed by atoms with Crippen molar-refractivity contribution < 1.29 is 19.1 Å². The molecule has 0 radical (unpaired) electrons. The third-order valence-electron chi connectivity index (χ3n) is 3.50. The SMILES string of the molecule is O=C(Nc1nc(C(=O)NC2CC2)cs1)c1ccc2c(c1)OCO2. The van der Waals surface area contributed by atoms with E-state index >= 15 is 0 Å². The van der Waals surface area contributed by atoms with Crippen LogP contribution in [0.4, 0.5) is 5.13 Å². The standard InChI is InChI=1S/C15H13N3O4S/c19-13(8-1-4-11-12(5-8)22-7-21-11)18-15-17-10(6-23-15)14(20)16-9-2-3-9/h1,4-6,9H,2-3,7H2,(H,16,20)(H,17,18,19). The average Bonchev–Trinajstić information content (AvgIpc) is 3.05. The number of thiazole rings is 1. The van der Waals surface area contributed by atoms with Crippen LogP contribution >= 0.6 is 11.3 Å². The normalized spacial score (nSPS) is 15.3. The van der Waals surface area contributed by atoms with Crippen LogP contribution in [-0.2, 0) is 0 Å². The number of anilines is 1. The Bertz CT molecular complexity index is 785. The predicted molar refractivity (Wildman–Crippen MR) is 83.1 cm³/mol. The van der Waals surface area contributed by atoms with Crippen molar-refractivity contribution >= 4 is 28.3 Å². The van der Waals surface area contributed by atoms with Gasteiger partial charge in [-0.2, -0.15) is 0 Å². The molecule has 1 aliphatic carbocycles. The molecule has 8 heteroatoms. The lowest BCUT2D eigenvalue weighted by Crippen LogP contribution is -2.25. The number of hydrogen-bond acceptors (Lipinski definition) is 6. The summed E-state index contributed by atoms with van der Waals surface area (Å²) in [6, 6.07) is 5.23. The Morgan fingerprint density at radius 3 is 2.83 bits per heavy atom. The van der Waals surface area contributed by atoms with Gasteiger partial charge in [0.25, 0.3) is 11.8 Å². The summed E-state index contributed by atoms with van der Waals surface area (Å²) in [5, 5.41) is 7.56. The second-order valence-corrected chi connectivity index (χ2v) is 6.17. The summed E-state index contributed by atoms with van der Waals surface area (Å²) in [4.78, 5) is 28.3. The first-order valence-electron chi connectivity index (χ1n) is 7.16. The summed E-state index contributed by atoms with van der Waals surface area (Å²) >= 11 is 1.21. The third kappa shape index (κ3) is 2.98. The maximum absolute atomic E-state index is 12.2. The number of rotatable bonds is 4. The molecule has 1 aliphatic heterocycles. The summed E-state index contributed by atoms with van der Waals surface area (Å²) in [5.41, 5.74) is 0.760. The molecule has 0 bridgehead atoms. The quantitative estimate of drug-likeness (QED) is 0.894. The zero-order valence-electron chi connectivity index (χ0n) is 12.0. The van der Waals surface area contributed by atoms with Crippen LogP contribution in [0.2, 0.25) is 0 Å². The molecule has 0 unspecified atom stereocenters. The maximum Gasteiger partial charge on any atom is 0.271 e. The highest BCUT2D eigenvalue weighted by Crippen LogP contribution is 2.32. The first kappa shape index (κ1) is 14.0. The number of nitrogens with zero attached hydrogens (tertiary/aromatic N) is 1. The van der Waals surface area contributed by atoms with Gasteiger partial charge in [0, 0.05) is 17.0 Å². The van der Waals surface area contributed by atoms with E-state index in [2.05, 4.69) is 15.6 Å². The number of amides is 2. The molecule has 1 aromatic heterocycles. The number of carbonyl (C=O) groups excluding carboxylic acids is 2. The number of fused-ring (bicyclic) bond motifs is 1. The number of nitrogens with one attached hydrogen (secondary N) is 2. The van der Waals surface area contributed by atoms with Crippen LogP contribution in [0.5, 0.6) is 11.5 Å². The molecule has 4 rings (SSSR count). The van der Waals surface area contributed by atoms with E-state index < -0.39 is 0 Å². The van der Waals surface area contributed by atoms with Gasteiger partial charge in [-0.05, 0) is 31.0 Å². The number of hydrogen-bond donors (Lipinski definition) is 2. The molecule has 1 fully saturated rings. The van der Waals surface area contributed by atoms with Gasteiger partial charge < -0.3 is 14.8 Å². The van der Waals surface area contributed by atoms with Crippen molar-refractivity contribution in [2.24, 2.45) is 0 Å². The predicted octanol–water partition coefficient (Wildman–Crippen LogP) is 2.02. The van der Waals surface area contributed by atoms with Crippen molar-refractivity contribution in [3.8, 4) is 11.5 Å². The fraction of sp³-hybridized carbons (Fsp3) is 0.267. The van der Waals surface area contributed by atoms with Gasteiger partial charge in [-0.15, -0.1) is 11.3 Å². The van der Waals surface area contributed by atoms with Crippen LogP contribution in [0.1, 0.15) is 33.7 Å². The van der Waals surface area contributed by atoms with E-state index in [1.165, 1.54) is 11.3 Å². The number of carbonyl (C=O) groups is 2. The molecule has 7 nitrogen and oxygen atoms in total. The van der Waals surface area contributed by atoms with Crippen molar-refractivity contribution in [1.82, 2.24) is 10.3 Å². The summed E-state index contributed by atoms with van der Waals surface area (Å²) in [6.07, 6.45) is 2.03. The molecular formula is C15H13N3O4S. The van der Waals surface area contributed by atoms with Gasteiger partial charge in [0.15, 0.2) is 16.6 Å². The van der Waals surface area contributed by atoms with Gasteiger partial charge in [-0.1, -0.05) is 0 Å². The Morgan fingerprint density at radius 2 is 2.00 bits per heavy atom. The highest BCUT2D eigenvalue weighted by Gasteiger charge is 2.25. The molecule has 0 atom stereocenters. The molecule has 2 aromatic rings. The van der Waals surface area contributed by atoms with E-state index in [4.69, 9.17) is 9.47 Å². The first-order valence-corrected chi connectivity index (χ1v) is 8.04. The maximum atomic E-state index is 12.2. The van der Waals surface area contributed by atoms with Crippen molar-refractivity contribution in [3.63, 3.8) is 0 Å². The van der Waals surface area contributed by atoms with E-state index in [0.717, 1.165) is 12.8 Å². The average molecular weight is 331 g/mol. The summed E-state index contributed by atoms with van der Waals surface area (Å²) in [7, 11) is 0. The fourth-order valence-corrected chi connectivity index (χ4v) is 2.82. The molecule has 2 amide bonds. The zero-order chi connectivity index (χ0) is 15.8. The van der Waals surface area contributed by atoms with Crippen molar-refractivity contribution in [1.29, 1.82) is 0 Å². The van der Waals surface area contributed by atoms with E-state index in [1.807, 2.05) is 0 Å². The minimum atomic E-state index is -0.313. The molecule has 2 aliphatic rings. The molecule has 0 spiro atoms. The highest BCUT2D eigenvalue weighted by atomic mass is 32.1. The minimum Gasteiger partial charge on any atom is -0.454 e. The minimum absolute atomic E-state index is 0.159. The van der Waals surface area contributed by atoms with Crippen LogP contribution < -0.4 is 20.1 Å². The lowest BCUT2D eigenvalue weighted by Gasteiger charge is -2.03. The van der Waals surface area contributed by atoms with Gasteiger partial charge >= 0.3 is 0 Å². The second kappa shape index (κ2) is 5.54. The molecule has 118 valence electrons. The van der Waals surface area contributed by atoms with Crippen LogP contribution in [0.3, 0.4) is 0 Å². The molecule has 1 aromatic carbocycles. The van der Waals surface area contributed by atoms with Crippen LogP contribution in [0.25, 0.3) is 0 Å². The van der Waals surface area contributed by atoms with E-state index in [-0.39, 0.29) is 24.6 Å². The number of ether oxygens (including phenoxy) is 2. The largest absolute Gasteiger partial charge is 0.454 e. The first-order chi connectivity index (χ1) is 11.2. The Kier molecular flexibility index (Phi) is 3.38. The molecule has 2 heterocycles. The Hall–Kier alpha value is -2.61. The van der Waals surface area contributed by atoms with E-state index in [1.54, 1.807) is 23.6 Å². The molecule has 2 N–H and O–H groups in total. The van der Waals surface area contributed by atoms with E-state index in [0.29, 0.717) is 27.9 Å². The lowest BCUT2D eigenvalue weighted by atomic mass is 10.2. The number of aromatic nitrogens is 1. The third-order valence-corrected chi connectivity index (χ3v) is 4.26. The van der Waals surface area contributed by atoms with Crippen molar-refractivity contribution in [3.05, 3.63) is 34.8 Å². The van der Waals surface area contributed by atoms with Crippen LogP contribution in [0.15, 0.2) is 23.6 Å². The zero-order valence-corrected chi connectivity index (χ0v) is 12.8. The molecular weight excluding hydrogens is 318 g/mol. The fourth-order valence-electron chi connectivity index (χ4n) is 2.13. The van der Waals surface area contributed by atoms with E-state index in [9.17, 15) is 9.59 Å². The monoisotopic (exact) mass is 331 g/mol. The summed E-state index contributed by atoms with van der Waals surface area (Å²) < 4.78 is 10.5. The van der Waals surface area contributed by atoms with Gasteiger partial charge in [0.1, 0.15) is 5.69 Å².